The summed E-state index contributed by atoms with van der Waals surface area (Å²) in [5.74, 6) is 0. The van der Waals surface area contributed by atoms with Gasteiger partial charge in [-0.05, 0) is 26.0 Å². The lowest BCUT2D eigenvalue weighted by Gasteiger charge is -2.06. The van der Waals surface area contributed by atoms with E-state index in [1.165, 1.54) is 0 Å². The molecule has 0 fully saturated rings. The van der Waals surface area contributed by atoms with Crippen LogP contribution in [0.5, 0.6) is 0 Å². The number of nitrogens with zero attached hydrogens (tertiary/aromatic N) is 3. The van der Waals surface area contributed by atoms with Crippen LogP contribution in [0.1, 0.15) is 19.9 Å². The van der Waals surface area contributed by atoms with E-state index in [1.54, 1.807) is 12.4 Å². The summed E-state index contributed by atoms with van der Waals surface area (Å²) in [5, 5.41) is 0.488. The van der Waals surface area contributed by atoms with E-state index in [4.69, 9.17) is 11.6 Å². The van der Waals surface area contributed by atoms with Crippen LogP contribution >= 0.6 is 11.6 Å². The lowest BCUT2D eigenvalue weighted by atomic mass is 10.3. The van der Waals surface area contributed by atoms with Gasteiger partial charge in [0.1, 0.15) is 5.15 Å². The first-order chi connectivity index (χ1) is 6.18. The lowest BCUT2D eigenvalue weighted by Crippen LogP contribution is -1.97. The zero-order valence-corrected chi connectivity index (χ0v) is 8.28. The Morgan fingerprint density at radius 2 is 2.15 bits per heavy atom. The Balaban J connectivity index is 2.69. The van der Waals surface area contributed by atoms with Crippen LogP contribution in [0.3, 0.4) is 0 Å². The number of pyridine rings is 1. The molecule has 2 aromatic heterocycles. The van der Waals surface area contributed by atoms with Crippen molar-refractivity contribution in [3.05, 3.63) is 23.6 Å². The van der Waals surface area contributed by atoms with E-state index in [0.29, 0.717) is 16.8 Å². The van der Waals surface area contributed by atoms with Crippen LogP contribution in [0, 0.1) is 0 Å². The fourth-order valence-electron chi connectivity index (χ4n) is 1.31. The van der Waals surface area contributed by atoms with Crippen molar-refractivity contribution >= 4 is 22.8 Å². The average molecular weight is 196 g/mol. The van der Waals surface area contributed by atoms with E-state index in [-0.39, 0.29) is 0 Å². The van der Waals surface area contributed by atoms with Gasteiger partial charge in [-0.2, -0.15) is 0 Å². The number of rotatable bonds is 1. The van der Waals surface area contributed by atoms with Gasteiger partial charge in [-0.1, -0.05) is 11.6 Å². The molecule has 2 rings (SSSR count). The van der Waals surface area contributed by atoms with Crippen LogP contribution in [-0.4, -0.2) is 14.5 Å². The van der Waals surface area contributed by atoms with Crippen LogP contribution in [0.25, 0.3) is 11.2 Å². The Morgan fingerprint density at radius 1 is 1.38 bits per heavy atom. The van der Waals surface area contributed by atoms with Gasteiger partial charge in [0.2, 0.25) is 0 Å². The molecule has 0 amide bonds. The maximum absolute atomic E-state index is 5.75. The molecule has 0 N–H and O–H groups in total. The van der Waals surface area contributed by atoms with Crippen molar-refractivity contribution in [3.63, 3.8) is 0 Å². The molecule has 4 heteroatoms. The van der Waals surface area contributed by atoms with Gasteiger partial charge in [-0.25, -0.2) is 9.97 Å². The van der Waals surface area contributed by atoms with Crippen molar-refractivity contribution < 1.29 is 0 Å². The van der Waals surface area contributed by atoms with E-state index in [9.17, 15) is 0 Å². The normalized spacial score (nSPS) is 11.4. The van der Waals surface area contributed by atoms with Crippen molar-refractivity contribution in [1.82, 2.24) is 14.5 Å². The van der Waals surface area contributed by atoms with E-state index in [0.717, 1.165) is 5.52 Å². The first-order valence-corrected chi connectivity index (χ1v) is 4.55. The lowest BCUT2D eigenvalue weighted by molar-refractivity contribution is 0.617. The van der Waals surface area contributed by atoms with Gasteiger partial charge < -0.3 is 4.57 Å². The molecule has 0 saturated carbocycles. The predicted molar refractivity (Wildman–Crippen MR) is 52.9 cm³/mol. The van der Waals surface area contributed by atoms with Crippen LogP contribution in [-0.2, 0) is 0 Å². The fourth-order valence-corrected chi connectivity index (χ4v) is 1.45. The molecule has 0 aromatic carbocycles. The molecule has 2 aromatic rings. The summed E-state index contributed by atoms with van der Waals surface area (Å²) in [7, 11) is 0. The van der Waals surface area contributed by atoms with Crippen molar-refractivity contribution in [2.45, 2.75) is 19.9 Å². The summed E-state index contributed by atoms with van der Waals surface area (Å²) >= 11 is 5.75. The molecular weight excluding hydrogens is 186 g/mol. The molecule has 0 spiro atoms. The van der Waals surface area contributed by atoms with Crippen molar-refractivity contribution in [2.24, 2.45) is 0 Å². The molecular formula is C9H10ClN3. The number of aromatic nitrogens is 3. The molecule has 0 bridgehead atoms. The third kappa shape index (κ3) is 1.40. The minimum atomic E-state index is 0.396. The topological polar surface area (TPSA) is 30.7 Å². The van der Waals surface area contributed by atoms with E-state index in [1.807, 2.05) is 6.07 Å². The van der Waals surface area contributed by atoms with Gasteiger partial charge in [0.15, 0.2) is 5.65 Å². The Morgan fingerprint density at radius 3 is 2.85 bits per heavy atom. The first kappa shape index (κ1) is 8.51. The van der Waals surface area contributed by atoms with Gasteiger partial charge in [0.05, 0.1) is 11.8 Å². The van der Waals surface area contributed by atoms with E-state index >= 15 is 0 Å². The molecule has 0 saturated heterocycles. The van der Waals surface area contributed by atoms with E-state index < -0.39 is 0 Å². The second kappa shape index (κ2) is 3.00. The highest BCUT2D eigenvalue weighted by molar-refractivity contribution is 6.29. The summed E-state index contributed by atoms with van der Waals surface area (Å²) in [5.41, 5.74) is 1.74. The van der Waals surface area contributed by atoms with Crippen LogP contribution in [0.2, 0.25) is 5.15 Å². The maximum atomic E-state index is 5.75. The second-order valence-corrected chi connectivity index (χ2v) is 3.61. The molecule has 0 aliphatic carbocycles. The Kier molecular flexibility index (Phi) is 1.96. The second-order valence-electron chi connectivity index (χ2n) is 3.22. The van der Waals surface area contributed by atoms with Gasteiger partial charge >= 0.3 is 0 Å². The highest BCUT2D eigenvalue weighted by Gasteiger charge is 2.05. The van der Waals surface area contributed by atoms with Gasteiger partial charge in [0, 0.05) is 6.04 Å². The van der Waals surface area contributed by atoms with E-state index in [2.05, 4.69) is 28.4 Å². The zero-order valence-electron chi connectivity index (χ0n) is 7.53. The molecule has 0 aliphatic rings. The monoisotopic (exact) mass is 195 g/mol. The van der Waals surface area contributed by atoms with Crippen LogP contribution in [0.4, 0.5) is 0 Å². The summed E-state index contributed by atoms with van der Waals surface area (Å²) < 4.78 is 2.07. The molecule has 0 atom stereocenters. The van der Waals surface area contributed by atoms with Crippen molar-refractivity contribution in [2.75, 3.05) is 0 Å². The number of imidazole rings is 1. The molecule has 2 heterocycles. The highest BCUT2D eigenvalue weighted by atomic mass is 35.5. The maximum Gasteiger partial charge on any atom is 0.179 e. The zero-order chi connectivity index (χ0) is 9.42. The Bertz CT molecular complexity index is 433. The quantitative estimate of drug-likeness (QED) is 0.655. The first-order valence-electron chi connectivity index (χ1n) is 4.17. The summed E-state index contributed by atoms with van der Waals surface area (Å²) in [4.78, 5) is 8.28. The van der Waals surface area contributed by atoms with Gasteiger partial charge in [-0.15, -0.1) is 0 Å². The molecule has 0 unspecified atom stereocenters. The summed E-state index contributed by atoms with van der Waals surface area (Å²) in [6.45, 7) is 4.21. The Hall–Kier alpha value is -1.09. The SMILES string of the molecule is CC(C)n1cnc2nc(Cl)ccc21. The predicted octanol–water partition coefficient (Wildman–Crippen LogP) is 2.67. The Labute approximate surface area is 81.4 Å². The average Bonchev–Trinajstić information content (AvgIpc) is 2.46. The number of hydrogen-bond donors (Lipinski definition) is 0. The minimum absolute atomic E-state index is 0.396. The van der Waals surface area contributed by atoms with Crippen LogP contribution < -0.4 is 0 Å². The molecule has 0 aliphatic heterocycles. The number of fused-ring (bicyclic) bond motifs is 1. The summed E-state index contributed by atoms with van der Waals surface area (Å²) in [6.07, 6.45) is 1.79. The molecule has 3 nitrogen and oxygen atoms in total. The third-order valence-electron chi connectivity index (χ3n) is 1.96. The van der Waals surface area contributed by atoms with Crippen molar-refractivity contribution in [1.29, 1.82) is 0 Å². The van der Waals surface area contributed by atoms with Gasteiger partial charge in [-0.3, -0.25) is 0 Å². The standard InChI is InChI=1S/C9H10ClN3/c1-6(2)13-5-11-9-7(13)3-4-8(10)12-9/h3-6H,1-2H3. The van der Waals surface area contributed by atoms with Crippen LogP contribution in [0.15, 0.2) is 18.5 Å². The van der Waals surface area contributed by atoms with Gasteiger partial charge in [0.25, 0.3) is 0 Å². The highest BCUT2D eigenvalue weighted by Crippen LogP contribution is 2.17. The fraction of sp³-hybridized carbons (Fsp3) is 0.333. The molecule has 68 valence electrons. The van der Waals surface area contributed by atoms with Crippen molar-refractivity contribution in [3.8, 4) is 0 Å². The molecule has 0 radical (unpaired) electrons. The third-order valence-corrected chi connectivity index (χ3v) is 2.17. The smallest absolute Gasteiger partial charge is 0.179 e. The number of halogens is 1. The number of hydrogen-bond acceptors (Lipinski definition) is 2. The molecule has 13 heavy (non-hydrogen) atoms. The minimum Gasteiger partial charge on any atom is -0.327 e. The largest absolute Gasteiger partial charge is 0.327 e. The summed E-state index contributed by atoms with van der Waals surface area (Å²) in [6, 6.07) is 4.12.